The van der Waals surface area contributed by atoms with Gasteiger partial charge in [0.25, 0.3) is 0 Å². The van der Waals surface area contributed by atoms with E-state index in [9.17, 15) is 9.59 Å². The third kappa shape index (κ3) is 5.93. The van der Waals surface area contributed by atoms with E-state index in [0.29, 0.717) is 6.42 Å². The standard InChI is InChI=1S/C16H29NO3/c1-3-4-5-6-7-12-15(18)17(13-16(19)20-2)14-10-8-9-11-14/h14H,3-13H2,1-2H3. The predicted octanol–water partition coefficient (Wildman–Crippen LogP) is 3.29. The monoisotopic (exact) mass is 283 g/mol. The lowest BCUT2D eigenvalue weighted by Crippen LogP contribution is -2.42. The number of methoxy groups -OCH3 is 1. The first-order valence-corrected chi connectivity index (χ1v) is 8.05. The van der Waals surface area contributed by atoms with Crippen molar-refractivity contribution in [2.24, 2.45) is 0 Å². The van der Waals surface area contributed by atoms with Gasteiger partial charge in [-0.3, -0.25) is 9.59 Å². The summed E-state index contributed by atoms with van der Waals surface area (Å²) in [6, 6.07) is 0.247. The van der Waals surface area contributed by atoms with Crippen molar-refractivity contribution in [3.8, 4) is 0 Å². The molecule has 0 saturated heterocycles. The van der Waals surface area contributed by atoms with Gasteiger partial charge < -0.3 is 9.64 Å². The molecule has 0 spiro atoms. The molecule has 0 aromatic heterocycles. The van der Waals surface area contributed by atoms with Gasteiger partial charge in [0.05, 0.1) is 7.11 Å². The number of carbonyl (C=O) groups excluding carboxylic acids is 2. The number of ether oxygens (including phenoxy) is 1. The van der Waals surface area contributed by atoms with Crippen LogP contribution in [0, 0.1) is 0 Å². The van der Waals surface area contributed by atoms with Crippen LogP contribution in [0.5, 0.6) is 0 Å². The van der Waals surface area contributed by atoms with Crippen molar-refractivity contribution >= 4 is 11.9 Å². The number of esters is 1. The van der Waals surface area contributed by atoms with E-state index in [-0.39, 0.29) is 24.5 Å². The first kappa shape index (κ1) is 17.0. The van der Waals surface area contributed by atoms with Gasteiger partial charge in [0.1, 0.15) is 6.54 Å². The molecule has 1 saturated carbocycles. The fraction of sp³-hybridized carbons (Fsp3) is 0.875. The SMILES string of the molecule is CCCCCCCC(=O)N(CC(=O)OC)C1CCCC1. The van der Waals surface area contributed by atoms with Gasteiger partial charge in [0.15, 0.2) is 0 Å². The molecule has 116 valence electrons. The quantitative estimate of drug-likeness (QED) is 0.482. The second-order valence-electron chi connectivity index (χ2n) is 5.70. The molecule has 4 heteroatoms. The van der Waals surface area contributed by atoms with Crippen molar-refractivity contribution in [1.29, 1.82) is 0 Å². The Morgan fingerprint density at radius 3 is 2.35 bits per heavy atom. The maximum absolute atomic E-state index is 12.3. The molecular formula is C16H29NO3. The lowest BCUT2D eigenvalue weighted by molar-refractivity contribution is -0.148. The zero-order chi connectivity index (χ0) is 14.8. The summed E-state index contributed by atoms with van der Waals surface area (Å²) in [6.45, 7) is 2.30. The zero-order valence-electron chi connectivity index (χ0n) is 13.0. The summed E-state index contributed by atoms with van der Waals surface area (Å²) in [4.78, 5) is 25.6. The average molecular weight is 283 g/mol. The Labute approximate surface area is 122 Å². The van der Waals surface area contributed by atoms with Crippen LogP contribution in [-0.4, -0.2) is 36.5 Å². The normalized spacial score (nSPS) is 15.3. The lowest BCUT2D eigenvalue weighted by atomic mass is 10.1. The Morgan fingerprint density at radius 1 is 1.10 bits per heavy atom. The van der Waals surface area contributed by atoms with E-state index in [4.69, 9.17) is 4.74 Å². The molecule has 20 heavy (non-hydrogen) atoms. The van der Waals surface area contributed by atoms with Crippen molar-refractivity contribution < 1.29 is 14.3 Å². The summed E-state index contributed by atoms with van der Waals surface area (Å²) in [5.41, 5.74) is 0. The molecule has 0 bridgehead atoms. The van der Waals surface area contributed by atoms with Crippen LogP contribution in [0.3, 0.4) is 0 Å². The lowest BCUT2D eigenvalue weighted by Gasteiger charge is -2.28. The van der Waals surface area contributed by atoms with Crippen LogP contribution >= 0.6 is 0 Å². The van der Waals surface area contributed by atoms with Gasteiger partial charge in [-0.25, -0.2) is 0 Å². The minimum atomic E-state index is -0.309. The van der Waals surface area contributed by atoms with Crippen LogP contribution in [0.1, 0.15) is 71.1 Å². The molecule has 1 aliphatic rings. The van der Waals surface area contributed by atoms with E-state index >= 15 is 0 Å². The Kier molecular flexibility index (Phi) is 8.31. The summed E-state index contributed by atoms with van der Waals surface area (Å²) in [6.07, 6.45) is 10.6. The highest BCUT2D eigenvalue weighted by Gasteiger charge is 2.28. The summed E-state index contributed by atoms with van der Waals surface area (Å²) >= 11 is 0. The van der Waals surface area contributed by atoms with E-state index in [2.05, 4.69) is 6.92 Å². The summed E-state index contributed by atoms with van der Waals surface area (Å²) in [5, 5.41) is 0. The van der Waals surface area contributed by atoms with E-state index < -0.39 is 0 Å². The van der Waals surface area contributed by atoms with Gasteiger partial charge in [-0.1, -0.05) is 45.4 Å². The van der Waals surface area contributed by atoms with Gasteiger partial charge in [0.2, 0.25) is 5.91 Å². The number of hydrogen-bond acceptors (Lipinski definition) is 3. The number of nitrogens with zero attached hydrogens (tertiary/aromatic N) is 1. The first-order chi connectivity index (χ1) is 9.69. The number of rotatable bonds is 9. The molecule has 0 heterocycles. The molecule has 4 nitrogen and oxygen atoms in total. The average Bonchev–Trinajstić information content (AvgIpc) is 2.97. The molecule has 0 aromatic rings. The second-order valence-corrected chi connectivity index (χ2v) is 5.70. The molecule has 1 rings (SSSR count). The fourth-order valence-corrected chi connectivity index (χ4v) is 2.86. The third-order valence-electron chi connectivity index (χ3n) is 4.11. The molecule has 1 aliphatic carbocycles. The van der Waals surface area contributed by atoms with Crippen LogP contribution in [-0.2, 0) is 14.3 Å². The number of amides is 1. The molecule has 0 radical (unpaired) electrons. The topological polar surface area (TPSA) is 46.6 Å². The molecule has 0 unspecified atom stereocenters. The van der Waals surface area contributed by atoms with E-state index in [1.807, 2.05) is 0 Å². The summed E-state index contributed by atoms with van der Waals surface area (Å²) in [7, 11) is 1.38. The molecule has 1 amide bonds. The first-order valence-electron chi connectivity index (χ1n) is 8.05. The number of unbranched alkanes of at least 4 members (excludes halogenated alkanes) is 4. The fourth-order valence-electron chi connectivity index (χ4n) is 2.86. The highest BCUT2D eigenvalue weighted by atomic mass is 16.5. The molecule has 1 fully saturated rings. The van der Waals surface area contributed by atoms with Gasteiger partial charge in [-0.05, 0) is 19.3 Å². The number of carbonyl (C=O) groups is 2. The van der Waals surface area contributed by atoms with Crippen molar-refractivity contribution in [1.82, 2.24) is 4.90 Å². The van der Waals surface area contributed by atoms with Crippen molar-refractivity contribution in [2.45, 2.75) is 77.2 Å². The predicted molar refractivity (Wildman–Crippen MR) is 79.4 cm³/mol. The number of hydrogen-bond donors (Lipinski definition) is 0. The molecule has 0 aromatic carbocycles. The van der Waals surface area contributed by atoms with Gasteiger partial charge >= 0.3 is 5.97 Å². The second kappa shape index (κ2) is 9.78. The summed E-state index contributed by atoms with van der Waals surface area (Å²) < 4.78 is 4.72. The highest BCUT2D eigenvalue weighted by molar-refractivity contribution is 5.82. The smallest absolute Gasteiger partial charge is 0.325 e. The molecule has 0 N–H and O–H groups in total. The zero-order valence-corrected chi connectivity index (χ0v) is 13.0. The van der Waals surface area contributed by atoms with Crippen LogP contribution in [0.25, 0.3) is 0 Å². The minimum Gasteiger partial charge on any atom is -0.468 e. The van der Waals surface area contributed by atoms with Crippen LogP contribution < -0.4 is 0 Å². The maximum Gasteiger partial charge on any atom is 0.325 e. The Balaban J connectivity index is 2.40. The van der Waals surface area contributed by atoms with E-state index in [0.717, 1.165) is 38.5 Å². The maximum atomic E-state index is 12.3. The van der Waals surface area contributed by atoms with Crippen LogP contribution in [0.2, 0.25) is 0 Å². The largest absolute Gasteiger partial charge is 0.468 e. The highest BCUT2D eigenvalue weighted by Crippen LogP contribution is 2.24. The van der Waals surface area contributed by atoms with Gasteiger partial charge in [-0.15, -0.1) is 0 Å². The molecule has 0 aliphatic heterocycles. The molecular weight excluding hydrogens is 254 g/mol. The van der Waals surface area contributed by atoms with Gasteiger partial charge in [-0.2, -0.15) is 0 Å². The van der Waals surface area contributed by atoms with Crippen LogP contribution in [0.15, 0.2) is 0 Å². The van der Waals surface area contributed by atoms with Crippen molar-refractivity contribution in [3.05, 3.63) is 0 Å². The van der Waals surface area contributed by atoms with Crippen LogP contribution in [0.4, 0.5) is 0 Å². The van der Waals surface area contributed by atoms with E-state index in [1.165, 1.54) is 26.4 Å². The van der Waals surface area contributed by atoms with Crippen molar-refractivity contribution in [2.75, 3.05) is 13.7 Å². The Bertz CT molecular complexity index is 298. The Hall–Kier alpha value is -1.06. The minimum absolute atomic E-state index is 0.120. The molecule has 0 atom stereocenters. The third-order valence-corrected chi connectivity index (χ3v) is 4.11. The van der Waals surface area contributed by atoms with Gasteiger partial charge in [0, 0.05) is 12.5 Å². The Morgan fingerprint density at radius 2 is 1.75 bits per heavy atom. The van der Waals surface area contributed by atoms with Crippen molar-refractivity contribution in [3.63, 3.8) is 0 Å². The van der Waals surface area contributed by atoms with E-state index in [1.54, 1.807) is 4.90 Å². The summed E-state index contributed by atoms with van der Waals surface area (Å²) in [5.74, 6) is -0.185.